The van der Waals surface area contributed by atoms with Gasteiger partial charge >= 0.3 is 0 Å². The summed E-state index contributed by atoms with van der Waals surface area (Å²) in [7, 11) is 0. The Kier molecular flexibility index (Phi) is 3.89. The van der Waals surface area contributed by atoms with E-state index in [0.717, 1.165) is 36.9 Å². The minimum Gasteiger partial charge on any atom is -0.293 e. The summed E-state index contributed by atoms with van der Waals surface area (Å²) in [5.74, 6) is 0.868. The van der Waals surface area contributed by atoms with Crippen molar-refractivity contribution in [1.29, 1.82) is 0 Å². The summed E-state index contributed by atoms with van der Waals surface area (Å²) in [6.07, 6.45) is 4.99. The Hall–Kier alpha value is -2.11. The quantitative estimate of drug-likeness (QED) is 0.740. The van der Waals surface area contributed by atoms with Gasteiger partial charge < -0.3 is 0 Å². The van der Waals surface area contributed by atoms with Gasteiger partial charge in [0.25, 0.3) is 0 Å². The number of rotatable bonds is 3. The SMILES string of the molecule is Cc1ncc2c(n1)CCN(Cc1cnc(-c3ccccc3)s1)C2. The largest absolute Gasteiger partial charge is 0.293 e. The predicted molar refractivity (Wildman–Crippen MR) is 92.1 cm³/mol. The molecule has 0 saturated heterocycles. The van der Waals surface area contributed by atoms with E-state index in [1.807, 2.05) is 25.4 Å². The third-order valence-corrected chi connectivity index (χ3v) is 5.12. The van der Waals surface area contributed by atoms with Gasteiger partial charge in [-0.25, -0.2) is 15.0 Å². The van der Waals surface area contributed by atoms with Crippen LogP contribution in [0, 0.1) is 6.92 Å². The van der Waals surface area contributed by atoms with E-state index in [1.165, 1.54) is 21.7 Å². The maximum atomic E-state index is 4.57. The van der Waals surface area contributed by atoms with Gasteiger partial charge in [-0.2, -0.15) is 0 Å². The first-order valence-electron chi connectivity index (χ1n) is 7.82. The van der Waals surface area contributed by atoms with Crippen LogP contribution in [0.5, 0.6) is 0 Å². The van der Waals surface area contributed by atoms with Gasteiger partial charge in [-0.3, -0.25) is 4.90 Å². The lowest BCUT2D eigenvalue weighted by Gasteiger charge is -2.27. The number of aromatic nitrogens is 3. The Morgan fingerprint density at radius 3 is 2.87 bits per heavy atom. The molecule has 4 rings (SSSR count). The molecule has 0 N–H and O–H groups in total. The van der Waals surface area contributed by atoms with E-state index in [1.54, 1.807) is 11.3 Å². The molecule has 0 radical (unpaired) electrons. The van der Waals surface area contributed by atoms with Crippen molar-refractivity contribution in [2.24, 2.45) is 0 Å². The average Bonchev–Trinajstić information content (AvgIpc) is 3.04. The van der Waals surface area contributed by atoms with E-state index in [2.05, 4.69) is 44.1 Å². The highest BCUT2D eigenvalue weighted by molar-refractivity contribution is 7.15. The topological polar surface area (TPSA) is 41.9 Å². The van der Waals surface area contributed by atoms with Crippen LogP contribution in [0.15, 0.2) is 42.7 Å². The number of hydrogen-bond donors (Lipinski definition) is 0. The van der Waals surface area contributed by atoms with E-state index in [4.69, 9.17) is 0 Å². The second kappa shape index (κ2) is 6.18. The summed E-state index contributed by atoms with van der Waals surface area (Å²) in [6, 6.07) is 10.4. The van der Waals surface area contributed by atoms with Gasteiger partial charge in [-0.15, -0.1) is 11.3 Å². The van der Waals surface area contributed by atoms with E-state index in [9.17, 15) is 0 Å². The van der Waals surface area contributed by atoms with Gasteiger partial charge in [0, 0.05) is 60.1 Å². The molecule has 5 heteroatoms. The van der Waals surface area contributed by atoms with Crippen LogP contribution >= 0.6 is 11.3 Å². The molecule has 1 aromatic carbocycles. The van der Waals surface area contributed by atoms with Gasteiger partial charge in [0.2, 0.25) is 0 Å². The highest BCUT2D eigenvalue weighted by Gasteiger charge is 2.18. The van der Waals surface area contributed by atoms with Crippen molar-refractivity contribution in [1.82, 2.24) is 19.9 Å². The summed E-state index contributed by atoms with van der Waals surface area (Å²) < 4.78 is 0. The van der Waals surface area contributed by atoms with Crippen molar-refractivity contribution in [3.63, 3.8) is 0 Å². The lowest BCUT2D eigenvalue weighted by molar-refractivity contribution is 0.244. The highest BCUT2D eigenvalue weighted by Crippen LogP contribution is 2.27. The molecule has 0 bridgehead atoms. The number of nitrogens with zero attached hydrogens (tertiary/aromatic N) is 4. The molecule has 0 unspecified atom stereocenters. The van der Waals surface area contributed by atoms with Crippen LogP contribution in [0.1, 0.15) is 22.0 Å². The summed E-state index contributed by atoms with van der Waals surface area (Å²) in [6.45, 7) is 4.86. The minimum atomic E-state index is 0.868. The molecular weight excluding hydrogens is 304 g/mol. The molecule has 0 atom stereocenters. The zero-order valence-electron chi connectivity index (χ0n) is 13.1. The Balaban J connectivity index is 1.47. The number of benzene rings is 1. The fraction of sp³-hybridized carbons (Fsp3) is 0.278. The normalized spacial score (nSPS) is 14.7. The van der Waals surface area contributed by atoms with Gasteiger partial charge in [0.05, 0.1) is 0 Å². The smallest absolute Gasteiger partial charge is 0.125 e. The summed E-state index contributed by atoms with van der Waals surface area (Å²) in [5.41, 5.74) is 3.66. The highest BCUT2D eigenvalue weighted by atomic mass is 32.1. The zero-order valence-corrected chi connectivity index (χ0v) is 13.9. The van der Waals surface area contributed by atoms with Crippen molar-refractivity contribution in [2.75, 3.05) is 6.54 Å². The molecule has 0 saturated carbocycles. The molecule has 0 aliphatic carbocycles. The molecule has 1 aliphatic heterocycles. The summed E-state index contributed by atoms with van der Waals surface area (Å²) >= 11 is 1.78. The van der Waals surface area contributed by atoms with Crippen molar-refractivity contribution in [2.45, 2.75) is 26.4 Å². The number of aryl methyl sites for hydroxylation is 1. The van der Waals surface area contributed by atoms with Gasteiger partial charge in [0.15, 0.2) is 0 Å². The molecule has 116 valence electrons. The molecule has 0 amide bonds. The Morgan fingerprint density at radius 1 is 1.13 bits per heavy atom. The molecule has 3 aromatic rings. The molecule has 3 heterocycles. The molecular formula is C18H18N4S. The first-order valence-corrected chi connectivity index (χ1v) is 8.63. The Bertz CT molecular complexity index is 813. The first-order chi connectivity index (χ1) is 11.3. The van der Waals surface area contributed by atoms with Crippen LogP contribution in [0.2, 0.25) is 0 Å². The maximum absolute atomic E-state index is 4.57. The Morgan fingerprint density at radius 2 is 2.00 bits per heavy atom. The van der Waals surface area contributed by atoms with E-state index in [0.29, 0.717) is 0 Å². The summed E-state index contributed by atoms with van der Waals surface area (Å²) in [5, 5.41) is 1.09. The second-order valence-electron chi connectivity index (χ2n) is 5.85. The minimum absolute atomic E-state index is 0.868. The molecule has 4 nitrogen and oxygen atoms in total. The van der Waals surface area contributed by atoms with E-state index >= 15 is 0 Å². The lowest BCUT2D eigenvalue weighted by Crippen LogP contribution is -2.30. The standard InChI is InChI=1S/C18H18N4S/c1-13-19-9-15-11-22(8-7-17(15)21-13)12-16-10-20-18(23-16)14-5-3-2-4-6-14/h2-6,9-10H,7-8,11-12H2,1H3. The van der Waals surface area contributed by atoms with E-state index < -0.39 is 0 Å². The van der Waals surface area contributed by atoms with Crippen LogP contribution in [0.25, 0.3) is 10.6 Å². The van der Waals surface area contributed by atoms with Crippen LogP contribution < -0.4 is 0 Å². The third kappa shape index (κ3) is 3.16. The summed E-state index contributed by atoms with van der Waals surface area (Å²) in [4.78, 5) is 17.2. The van der Waals surface area contributed by atoms with Crippen molar-refractivity contribution in [3.8, 4) is 10.6 Å². The zero-order chi connectivity index (χ0) is 15.6. The number of hydrogen-bond acceptors (Lipinski definition) is 5. The average molecular weight is 322 g/mol. The van der Waals surface area contributed by atoms with Crippen molar-refractivity contribution in [3.05, 3.63) is 64.7 Å². The third-order valence-electron chi connectivity index (χ3n) is 4.09. The van der Waals surface area contributed by atoms with Crippen molar-refractivity contribution >= 4 is 11.3 Å². The van der Waals surface area contributed by atoms with Crippen LogP contribution in [0.4, 0.5) is 0 Å². The fourth-order valence-corrected chi connectivity index (χ4v) is 3.88. The molecule has 1 aliphatic rings. The van der Waals surface area contributed by atoms with E-state index in [-0.39, 0.29) is 0 Å². The van der Waals surface area contributed by atoms with Crippen LogP contribution in [-0.2, 0) is 19.5 Å². The fourth-order valence-electron chi connectivity index (χ4n) is 2.92. The molecule has 23 heavy (non-hydrogen) atoms. The Labute approximate surface area is 139 Å². The van der Waals surface area contributed by atoms with Crippen LogP contribution in [-0.4, -0.2) is 26.4 Å². The molecule has 0 fully saturated rings. The maximum Gasteiger partial charge on any atom is 0.125 e. The van der Waals surface area contributed by atoms with Crippen molar-refractivity contribution < 1.29 is 0 Å². The lowest BCUT2D eigenvalue weighted by atomic mass is 10.1. The van der Waals surface area contributed by atoms with Gasteiger partial charge in [-0.1, -0.05) is 30.3 Å². The monoisotopic (exact) mass is 322 g/mol. The first kappa shape index (κ1) is 14.5. The molecule has 2 aromatic heterocycles. The number of thiazole rings is 1. The van der Waals surface area contributed by atoms with Crippen LogP contribution in [0.3, 0.4) is 0 Å². The van der Waals surface area contributed by atoms with Gasteiger partial charge in [-0.05, 0) is 6.92 Å². The second-order valence-corrected chi connectivity index (χ2v) is 6.96. The number of fused-ring (bicyclic) bond motifs is 1. The predicted octanol–water partition coefficient (Wildman–Crippen LogP) is 3.47. The van der Waals surface area contributed by atoms with Gasteiger partial charge in [0.1, 0.15) is 10.8 Å². The molecule has 0 spiro atoms.